The molecule has 12 nitrogen and oxygen atoms in total. The molecule has 0 aromatic carbocycles. The highest BCUT2D eigenvalue weighted by Gasteiger charge is 2.24. The summed E-state index contributed by atoms with van der Waals surface area (Å²) in [6.07, 6.45) is -1.06. The Bertz CT molecular complexity index is 448. The van der Waals surface area contributed by atoms with Crippen LogP contribution < -0.4 is 5.32 Å². The molecule has 0 aromatic heterocycles. The summed E-state index contributed by atoms with van der Waals surface area (Å²) in [7, 11) is -4.43. The third-order valence-electron chi connectivity index (χ3n) is 2.51. The number of carbonyl (C=O) groups excluding carboxylic acids is 3. The lowest BCUT2D eigenvalue weighted by molar-refractivity contribution is -0.144. The lowest BCUT2D eigenvalue weighted by atomic mass is 10.4. The fraction of sp³-hybridized carbons (Fsp3) is 0.769. The van der Waals surface area contributed by atoms with Crippen molar-refractivity contribution >= 4 is 26.7 Å². The van der Waals surface area contributed by atoms with E-state index in [1.807, 2.05) is 6.92 Å². The normalized spacial score (nSPS) is 14.1. The quantitative estimate of drug-likeness (QED) is 0.165. The maximum atomic E-state index is 11.6. The van der Waals surface area contributed by atoms with E-state index in [1.54, 1.807) is 0 Å². The summed E-state index contributed by atoms with van der Waals surface area (Å²) in [5, 5.41) is 2.41. The van der Waals surface area contributed by atoms with E-state index in [9.17, 15) is 23.8 Å². The summed E-state index contributed by atoms with van der Waals surface area (Å²) in [5.41, 5.74) is 0. The molecule has 0 spiro atoms. The first kappa shape index (κ1) is 24.4. The van der Waals surface area contributed by atoms with Crippen molar-refractivity contribution in [3.63, 3.8) is 0 Å². The molecule has 0 aliphatic rings. The first-order chi connectivity index (χ1) is 12.4. The predicted molar refractivity (Wildman–Crippen MR) is 85.0 cm³/mol. The molecule has 0 aromatic rings. The number of phosphoric acid groups is 1. The molecule has 2 atom stereocenters. The van der Waals surface area contributed by atoms with Gasteiger partial charge in [0.1, 0.15) is 13.2 Å². The zero-order valence-electron chi connectivity index (χ0n) is 14.4. The fourth-order valence-corrected chi connectivity index (χ4v) is 2.15. The van der Waals surface area contributed by atoms with Crippen molar-refractivity contribution < 1.29 is 51.8 Å². The predicted octanol–water partition coefficient (Wildman–Crippen LogP) is -0.996. The van der Waals surface area contributed by atoms with Gasteiger partial charge in [-0.25, -0.2) is 4.57 Å². The molecule has 26 heavy (non-hydrogen) atoms. The van der Waals surface area contributed by atoms with Crippen LogP contribution in [0.15, 0.2) is 0 Å². The van der Waals surface area contributed by atoms with Crippen molar-refractivity contribution in [3.8, 4) is 0 Å². The van der Waals surface area contributed by atoms with Crippen molar-refractivity contribution in [1.82, 2.24) is 5.32 Å². The molecule has 0 saturated heterocycles. The van der Waals surface area contributed by atoms with Gasteiger partial charge in [0, 0.05) is 13.2 Å². The van der Waals surface area contributed by atoms with Crippen LogP contribution in [0, 0.1) is 0 Å². The van der Waals surface area contributed by atoms with E-state index in [0.717, 1.165) is 0 Å². The summed E-state index contributed by atoms with van der Waals surface area (Å²) in [6.45, 7) is 1.85. The van der Waals surface area contributed by atoms with Gasteiger partial charge < -0.3 is 29.2 Å². The average molecular weight is 401 g/mol. The smallest absolute Gasteiger partial charge is 0.464 e. The number of rotatable bonds is 18. The van der Waals surface area contributed by atoms with E-state index in [-0.39, 0.29) is 45.9 Å². The van der Waals surface area contributed by atoms with Gasteiger partial charge in [0.2, 0.25) is 5.91 Å². The van der Waals surface area contributed by atoms with Gasteiger partial charge >= 0.3 is 7.82 Å². The highest BCUT2D eigenvalue weighted by Crippen LogP contribution is 2.42. The lowest BCUT2D eigenvalue weighted by Crippen LogP contribution is -2.31. The highest BCUT2D eigenvalue weighted by atomic mass is 31.2. The Morgan fingerprint density at radius 1 is 1.12 bits per heavy atom. The second-order valence-electron chi connectivity index (χ2n) is 4.48. The second kappa shape index (κ2) is 15.7. The van der Waals surface area contributed by atoms with E-state index in [0.29, 0.717) is 13.2 Å². The van der Waals surface area contributed by atoms with Gasteiger partial charge in [-0.2, -0.15) is 0 Å². The van der Waals surface area contributed by atoms with E-state index in [4.69, 9.17) is 9.47 Å². The van der Waals surface area contributed by atoms with Crippen LogP contribution in [0.1, 0.15) is 6.92 Å². The summed E-state index contributed by atoms with van der Waals surface area (Å²) < 4.78 is 39.8. The summed E-state index contributed by atoms with van der Waals surface area (Å²) in [5.74, 6) is -0.427. The number of phosphoric ester groups is 1. The van der Waals surface area contributed by atoms with Crippen molar-refractivity contribution in [2.45, 2.75) is 13.0 Å². The molecule has 0 rings (SSSR count). The minimum absolute atomic E-state index is 0.0515. The van der Waals surface area contributed by atoms with Crippen molar-refractivity contribution in [2.24, 2.45) is 0 Å². The summed E-state index contributed by atoms with van der Waals surface area (Å²) >= 11 is 0. The Morgan fingerprint density at radius 2 is 1.85 bits per heavy atom. The molecule has 1 amide bonds. The third kappa shape index (κ3) is 14.8. The monoisotopic (exact) mass is 401 g/mol. The van der Waals surface area contributed by atoms with Gasteiger partial charge in [-0.3, -0.25) is 23.4 Å². The SMILES string of the molecule is CCOCCOCC(=O)NCCOP(=O)(O)OCC(COC=O)OC=O. The molecule has 0 saturated carbocycles. The Hall–Kier alpha value is -1.56. The molecule has 0 aliphatic carbocycles. The maximum absolute atomic E-state index is 11.6. The Balaban J connectivity index is 3.87. The molecule has 0 fully saturated rings. The minimum Gasteiger partial charge on any atom is -0.464 e. The van der Waals surface area contributed by atoms with Gasteiger partial charge in [0.25, 0.3) is 12.9 Å². The Morgan fingerprint density at radius 3 is 2.50 bits per heavy atom. The maximum Gasteiger partial charge on any atom is 0.472 e. The zero-order valence-corrected chi connectivity index (χ0v) is 15.3. The van der Waals surface area contributed by atoms with E-state index in [1.165, 1.54) is 0 Å². The van der Waals surface area contributed by atoms with Gasteiger partial charge in [-0.1, -0.05) is 0 Å². The van der Waals surface area contributed by atoms with Crippen LogP contribution in [0.25, 0.3) is 0 Å². The molecule has 13 heteroatoms. The number of hydrogen-bond acceptors (Lipinski definition) is 10. The number of ether oxygens (including phenoxy) is 4. The largest absolute Gasteiger partial charge is 0.472 e. The number of nitrogens with one attached hydrogen (secondary N) is 1. The number of carbonyl (C=O) groups is 3. The highest BCUT2D eigenvalue weighted by molar-refractivity contribution is 7.47. The van der Waals surface area contributed by atoms with Crippen molar-refractivity contribution in [2.75, 3.05) is 52.8 Å². The van der Waals surface area contributed by atoms with Crippen LogP contribution in [0.4, 0.5) is 0 Å². The average Bonchev–Trinajstić information content (AvgIpc) is 2.61. The molecule has 0 bridgehead atoms. The molecule has 0 radical (unpaired) electrons. The van der Waals surface area contributed by atoms with E-state index in [2.05, 4.69) is 23.8 Å². The Labute approximate surface area is 150 Å². The van der Waals surface area contributed by atoms with Crippen LogP contribution in [0.3, 0.4) is 0 Å². The number of hydrogen-bond donors (Lipinski definition) is 2. The van der Waals surface area contributed by atoms with Crippen LogP contribution in [0.2, 0.25) is 0 Å². The van der Waals surface area contributed by atoms with Crippen LogP contribution in [-0.4, -0.2) is 82.6 Å². The summed E-state index contributed by atoms with van der Waals surface area (Å²) in [4.78, 5) is 41.2. The van der Waals surface area contributed by atoms with Gasteiger partial charge in [0.05, 0.1) is 26.4 Å². The minimum atomic E-state index is -4.43. The lowest BCUT2D eigenvalue weighted by Gasteiger charge is -2.17. The van der Waals surface area contributed by atoms with Crippen LogP contribution in [0.5, 0.6) is 0 Å². The molecular weight excluding hydrogens is 377 g/mol. The van der Waals surface area contributed by atoms with Gasteiger partial charge in [-0.05, 0) is 6.92 Å². The standard InChI is InChI=1S/C13H24NO11P/c1-2-20-5-6-21-9-13(17)14-3-4-24-26(18,19)25-8-12(23-11-16)7-22-10-15/h10-12H,2-9H2,1H3,(H,14,17)(H,18,19). The van der Waals surface area contributed by atoms with E-state index < -0.39 is 26.4 Å². The molecule has 0 aliphatic heterocycles. The molecular formula is C13H24NO11P. The Kier molecular flexibility index (Phi) is 14.7. The van der Waals surface area contributed by atoms with Crippen LogP contribution in [-0.2, 0) is 46.9 Å². The first-order valence-corrected chi connectivity index (χ1v) is 9.13. The zero-order chi connectivity index (χ0) is 19.7. The van der Waals surface area contributed by atoms with Gasteiger partial charge in [-0.15, -0.1) is 0 Å². The number of amides is 1. The van der Waals surface area contributed by atoms with Crippen LogP contribution >= 0.6 is 7.82 Å². The molecule has 0 heterocycles. The first-order valence-electron chi connectivity index (χ1n) is 7.63. The third-order valence-corrected chi connectivity index (χ3v) is 3.49. The molecule has 2 N–H and O–H groups in total. The van der Waals surface area contributed by atoms with Crippen molar-refractivity contribution in [1.29, 1.82) is 0 Å². The van der Waals surface area contributed by atoms with E-state index >= 15 is 0 Å². The molecule has 2 unspecified atom stereocenters. The fourth-order valence-electron chi connectivity index (χ4n) is 1.40. The second-order valence-corrected chi connectivity index (χ2v) is 5.93. The topological polar surface area (TPSA) is 156 Å². The molecule has 152 valence electrons. The van der Waals surface area contributed by atoms with Gasteiger partial charge in [0.15, 0.2) is 6.10 Å². The van der Waals surface area contributed by atoms with Crippen molar-refractivity contribution in [3.05, 3.63) is 0 Å². The summed E-state index contributed by atoms with van der Waals surface area (Å²) in [6, 6.07) is 0.